The van der Waals surface area contributed by atoms with Crippen LogP contribution in [0.4, 0.5) is 0 Å². The Hall–Kier alpha value is -1.63. The molecule has 0 aliphatic carbocycles. The minimum absolute atomic E-state index is 0.0500. The molecule has 0 bridgehead atoms. The van der Waals surface area contributed by atoms with Gasteiger partial charge in [0.25, 0.3) is 0 Å². The number of nitrogens with one attached hydrogen (secondary N) is 1. The minimum Gasteiger partial charge on any atom is -0.481 e. The normalized spacial score (nSPS) is 19.4. The number of likely N-dealkylation sites (tertiary alicyclic amines) is 1. The average Bonchev–Trinajstić information content (AvgIpc) is 2.43. The van der Waals surface area contributed by atoms with Gasteiger partial charge in [0.05, 0.1) is 19.6 Å². The lowest BCUT2D eigenvalue weighted by Crippen LogP contribution is -2.44. The topological polar surface area (TPSA) is 95.9 Å². The van der Waals surface area contributed by atoms with Crippen LogP contribution >= 0.6 is 0 Å². The molecule has 7 heteroatoms. The second kappa shape index (κ2) is 8.52. The van der Waals surface area contributed by atoms with Gasteiger partial charge in [-0.2, -0.15) is 0 Å². The molecule has 0 saturated carbocycles. The van der Waals surface area contributed by atoms with Crippen LogP contribution in [0.25, 0.3) is 0 Å². The second-order valence-corrected chi connectivity index (χ2v) is 4.94. The van der Waals surface area contributed by atoms with Crippen molar-refractivity contribution in [3.63, 3.8) is 0 Å². The third-order valence-corrected chi connectivity index (χ3v) is 3.30. The van der Waals surface area contributed by atoms with Crippen LogP contribution in [0, 0.1) is 5.92 Å². The highest BCUT2D eigenvalue weighted by Gasteiger charge is 2.27. The van der Waals surface area contributed by atoms with Gasteiger partial charge < -0.3 is 15.2 Å². The molecule has 0 spiro atoms. The lowest BCUT2D eigenvalue weighted by molar-refractivity contribution is -0.147. The molecule has 1 fully saturated rings. The number of carboxylic acids is 1. The Bertz CT molecular complexity index is 359. The van der Waals surface area contributed by atoms with Gasteiger partial charge in [-0.3, -0.25) is 19.3 Å². The van der Waals surface area contributed by atoms with Crippen molar-refractivity contribution < 1.29 is 24.2 Å². The summed E-state index contributed by atoms with van der Waals surface area (Å²) in [6.07, 6.45) is 2.13. The number of carboxylic acid groups (broad SMARTS) is 1. The lowest BCUT2D eigenvalue weighted by Gasteiger charge is -2.30. The minimum atomic E-state index is -0.865. The number of nitrogens with zero attached hydrogens (tertiary/aromatic N) is 1. The molecule has 1 rings (SSSR count). The van der Waals surface area contributed by atoms with Gasteiger partial charge in [0.15, 0.2) is 0 Å². The maximum Gasteiger partial charge on any atom is 0.309 e. The van der Waals surface area contributed by atoms with Crippen LogP contribution in [0.15, 0.2) is 0 Å². The van der Waals surface area contributed by atoms with Crippen LogP contribution in [-0.4, -0.2) is 61.1 Å². The van der Waals surface area contributed by atoms with Crippen molar-refractivity contribution in [1.82, 2.24) is 10.2 Å². The molecule has 0 aromatic heterocycles. The van der Waals surface area contributed by atoms with Crippen LogP contribution in [0.2, 0.25) is 0 Å². The predicted molar refractivity (Wildman–Crippen MR) is 71.1 cm³/mol. The van der Waals surface area contributed by atoms with Crippen molar-refractivity contribution >= 4 is 17.8 Å². The summed E-state index contributed by atoms with van der Waals surface area (Å²) in [7, 11) is 1.37. The molecule has 114 valence electrons. The molecule has 0 unspecified atom stereocenters. The molecule has 1 aliphatic rings. The van der Waals surface area contributed by atoms with E-state index in [1.807, 2.05) is 4.90 Å². The number of rotatable bonds is 7. The summed E-state index contributed by atoms with van der Waals surface area (Å²) in [5.74, 6) is -1.39. The molecular weight excluding hydrogens is 264 g/mol. The van der Waals surface area contributed by atoms with E-state index < -0.39 is 5.97 Å². The number of hydrogen-bond acceptors (Lipinski definition) is 5. The number of piperidine rings is 1. The SMILES string of the molecule is COC(=O)[C@H]1CCCN(CC(=O)NCCCC(=O)O)C1. The first-order chi connectivity index (χ1) is 9.52. The van der Waals surface area contributed by atoms with Gasteiger partial charge in [0.1, 0.15) is 0 Å². The summed E-state index contributed by atoms with van der Waals surface area (Å²) in [5.41, 5.74) is 0. The first kappa shape index (κ1) is 16.4. The maximum atomic E-state index is 11.7. The van der Waals surface area contributed by atoms with Crippen LogP contribution in [0.1, 0.15) is 25.7 Å². The summed E-state index contributed by atoms with van der Waals surface area (Å²) in [5, 5.41) is 11.2. The molecule has 1 atom stereocenters. The molecule has 0 aromatic rings. The standard InChI is InChI=1S/C13H22N2O5/c1-20-13(19)10-4-3-7-15(8-10)9-11(16)14-6-2-5-12(17)18/h10H,2-9H2,1H3,(H,14,16)(H,17,18)/t10-/m0/s1. The molecule has 1 aliphatic heterocycles. The Kier molecular flexibility index (Phi) is 7.00. The molecule has 0 aromatic carbocycles. The fourth-order valence-corrected chi connectivity index (χ4v) is 2.28. The van der Waals surface area contributed by atoms with E-state index in [2.05, 4.69) is 5.32 Å². The van der Waals surface area contributed by atoms with E-state index in [4.69, 9.17) is 9.84 Å². The largest absolute Gasteiger partial charge is 0.481 e. The van der Waals surface area contributed by atoms with Gasteiger partial charge in [-0.1, -0.05) is 0 Å². The molecular formula is C13H22N2O5. The molecule has 1 amide bonds. The zero-order valence-corrected chi connectivity index (χ0v) is 11.8. The highest BCUT2D eigenvalue weighted by atomic mass is 16.5. The summed E-state index contributed by atoms with van der Waals surface area (Å²) in [4.78, 5) is 35.4. The number of methoxy groups -OCH3 is 1. The van der Waals surface area contributed by atoms with Crippen LogP contribution in [-0.2, 0) is 19.1 Å². The summed E-state index contributed by atoms with van der Waals surface area (Å²) >= 11 is 0. The van der Waals surface area contributed by atoms with Crippen molar-refractivity contribution in [2.24, 2.45) is 5.92 Å². The molecule has 7 nitrogen and oxygen atoms in total. The molecule has 1 heterocycles. The number of esters is 1. The zero-order valence-electron chi connectivity index (χ0n) is 11.8. The number of ether oxygens (including phenoxy) is 1. The Balaban J connectivity index is 2.24. The van der Waals surface area contributed by atoms with Gasteiger partial charge in [-0.15, -0.1) is 0 Å². The quantitative estimate of drug-likeness (QED) is 0.499. The van der Waals surface area contributed by atoms with E-state index in [1.54, 1.807) is 0 Å². The molecule has 20 heavy (non-hydrogen) atoms. The van der Waals surface area contributed by atoms with Gasteiger partial charge in [-0.25, -0.2) is 0 Å². The van der Waals surface area contributed by atoms with Crippen molar-refractivity contribution in [2.75, 3.05) is 33.3 Å². The maximum absolute atomic E-state index is 11.7. The van der Waals surface area contributed by atoms with E-state index in [9.17, 15) is 14.4 Å². The highest BCUT2D eigenvalue weighted by Crippen LogP contribution is 2.17. The summed E-state index contributed by atoms with van der Waals surface area (Å²) in [6, 6.07) is 0. The van der Waals surface area contributed by atoms with E-state index in [0.29, 0.717) is 19.5 Å². The Morgan fingerprint density at radius 3 is 2.80 bits per heavy atom. The first-order valence-corrected chi connectivity index (χ1v) is 6.81. The van der Waals surface area contributed by atoms with Crippen molar-refractivity contribution in [3.8, 4) is 0 Å². The van der Waals surface area contributed by atoms with E-state index >= 15 is 0 Å². The third kappa shape index (κ3) is 6.01. The molecule has 2 N–H and O–H groups in total. The van der Waals surface area contributed by atoms with Crippen LogP contribution in [0.5, 0.6) is 0 Å². The molecule has 0 radical (unpaired) electrons. The van der Waals surface area contributed by atoms with E-state index in [0.717, 1.165) is 19.4 Å². The number of carbonyl (C=O) groups excluding carboxylic acids is 2. The number of carbonyl (C=O) groups is 3. The third-order valence-electron chi connectivity index (χ3n) is 3.30. The molecule has 1 saturated heterocycles. The summed E-state index contributed by atoms with van der Waals surface area (Å²) < 4.78 is 4.72. The Morgan fingerprint density at radius 1 is 1.40 bits per heavy atom. The van der Waals surface area contributed by atoms with Crippen LogP contribution < -0.4 is 5.32 Å². The predicted octanol–water partition coefficient (Wildman–Crippen LogP) is -0.148. The lowest BCUT2D eigenvalue weighted by atomic mass is 9.98. The number of amides is 1. The van der Waals surface area contributed by atoms with Crippen LogP contribution in [0.3, 0.4) is 0 Å². The van der Waals surface area contributed by atoms with Crippen molar-refractivity contribution in [2.45, 2.75) is 25.7 Å². The van der Waals surface area contributed by atoms with Crippen molar-refractivity contribution in [1.29, 1.82) is 0 Å². The van der Waals surface area contributed by atoms with E-state index in [-0.39, 0.29) is 30.8 Å². The van der Waals surface area contributed by atoms with Gasteiger partial charge in [-0.05, 0) is 25.8 Å². The van der Waals surface area contributed by atoms with Crippen molar-refractivity contribution in [3.05, 3.63) is 0 Å². The van der Waals surface area contributed by atoms with E-state index in [1.165, 1.54) is 7.11 Å². The first-order valence-electron chi connectivity index (χ1n) is 6.81. The number of aliphatic carboxylic acids is 1. The summed E-state index contributed by atoms with van der Waals surface area (Å²) in [6.45, 7) is 1.92. The Morgan fingerprint density at radius 2 is 2.15 bits per heavy atom. The second-order valence-electron chi connectivity index (χ2n) is 4.94. The average molecular weight is 286 g/mol. The Labute approximate surface area is 118 Å². The highest BCUT2D eigenvalue weighted by molar-refractivity contribution is 5.78. The van der Waals surface area contributed by atoms with Gasteiger partial charge >= 0.3 is 11.9 Å². The monoisotopic (exact) mass is 286 g/mol. The zero-order chi connectivity index (χ0) is 15.0. The fourth-order valence-electron chi connectivity index (χ4n) is 2.28. The van der Waals surface area contributed by atoms with Gasteiger partial charge in [0.2, 0.25) is 5.91 Å². The van der Waals surface area contributed by atoms with Gasteiger partial charge in [0, 0.05) is 19.5 Å². The smallest absolute Gasteiger partial charge is 0.309 e. The number of hydrogen-bond donors (Lipinski definition) is 2. The fraction of sp³-hybridized carbons (Fsp3) is 0.769.